The Labute approximate surface area is 184 Å². The molecular weight excluding hydrogens is 410 g/mol. The minimum absolute atomic E-state index is 0.127. The largest absolute Gasteiger partial charge is 0.497 e. The average Bonchev–Trinajstić information content (AvgIpc) is 3.30. The van der Waals surface area contributed by atoms with Crippen molar-refractivity contribution in [2.75, 3.05) is 12.4 Å². The molecule has 0 aliphatic carbocycles. The maximum Gasteiger partial charge on any atom is 0.337 e. The molecule has 4 aromatic rings. The molecule has 2 aromatic heterocycles. The lowest BCUT2D eigenvalue weighted by atomic mass is 10.1. The van der Waals surface area contributed by atoms with Gasteiger partial charge >= 0.3 is 5.97 Å². The highest BCUT2D eigenvalue weighted by molar-refractivity contribution is 7.10. The average molecular weight is 434 g/mol. The normalized spacial score (nSPS) is 10.8. The van der Waals surface area contributed by atoms with Gasteiger partial charge in [-0.05, 0) is 62.0 Å². The molecule has 0 amide bonds. The van der Waals surface area contributed by atoms with Crippen LogP contribution in [0.3, 0.4) is 0 Å². The number of nitrogens with zero attached hydrogens (tertiary/aromatic N) is 2. The number of carboxylic acid groups (broad SMARTS) is 1. The highest BCUT2D eigenvalue weighted by Crippen LogP contribution is 2.39. The predicted molar refractivity (Wildman–Crippen MR) is 124 cm³/mol. The van der Waals surface area contributed by atoms with Crippen LogP contribution in [-0.2, 0) is 0 Å². The lowest BCUT2D eigenvalue weighted by Gasteiger charge is -2.16. The standard InChI is InChI=1S/C24H23N3O3S/c1-14-7-5-6-8-21(14)27-23(22(15(2)26-27)18-11-12-31-16(18)3)25-20-10-9-17(30-4)13-19(20)24(28)29/h5-13,25H,1-4H3,(H,28,29). The molecule has 31 heavy (non-hydrogen) atoms. The molecule has 0 atom stereocenters. The number of methoxy groups -OCH3 is 1. The third-order valence-corrected chi connectivity index (χ3v) is 6.09. The van der Waals surface area contributed by atoms with Crippen molar-refractivity contribution in [2.24, 2.45) is 0 Å². The first kappa shape index (κ1) is 20.7. The zero-order valence-electron chi connectivity index (χ0n) is 17.8. The van der Waals surface area contributed by atoms with Gasteiger partial charge in [0.15, 0.2) is 0 Å². The van der Waals surface area contributed by atoms with Crippen LogP contribution in [0.15, 0.2) is 53.9 Å². The van der Waals surface area contributed by atoms with Crippen LogP contribution in [0.4, 0.5) is 11.5 Å². The molecule has 0 radical (unpaired) electrons. The number of carboxylic acids is 1. The Morgan fingerprint density at radius 2 is 1.90 bits per heavy atom. The second kappa shape index (κ2) is 8.28. The summed E-state index contributed by atoms with van der Waals surface area (Å²) in [5.41, 5.74) is 5.48. The summed E-state index contributed by atoms with van der Waals surface area (Å²) in [4.78, 5) is 13.1. The van der Waals surface area contributed by atoms with Crippen LogP contribution in [0.25, 0.3) is 16.8 Å². The van der Waals surface area contributed by atoms with E-state index in [9.17, 15) is 9.90 Å². The van der Waals surface area contributed by atoms with Gasteiger partial charge in [0.05, 0.1) is 29.7 Å². The minimum Gasteiger partial charge on any atom is -0.497 e. The molecule has 2 heterocycles. The number of carbonyl (C=O) groups is 1. The van der Waals surface area contributed by atoms with Gasteiger partial charge in [-0.3, -0.25) is 0 Å². The molecule has 0 aliphatic heterocycles. The zero-order valence-corrected chi connectivity index (χ0v) is 18.6. The van der Waals surface area contributed by atoms with Crippen LogP contribution < -0.4 is 10.1 Å². The van der Waals surface area contributed by atoms with Gasteiger partial charge in [0.2, 0.25) is 0 Å². The number of aromatic nitrogens is 2. The van der Waals surface area contributed by atoms with Gasteiger partial charge in [-0.1, -0.05) is 18.2 Å². The Hall–Kier alpha value is -3.58. The lowest BCUT2D eigenvalue weighted by Crippen LogP contribution is -2.08. The summed E-state index contributed by atoms with van der Waals surface area (Å²) in [6.45, 7) is 6.07. The number of para-hydroxylation sites is 1. The maximum absolute atomic E-state index is 11.9. The van der Waals surface area contributed by atoms with Gasteiger partial charge in [-0.2, -0.15) is 5.10 Å². The summed E-state index contributed by atoms with van der Waals surface area (Å²) in [7, 11) is 1.52. The number of aryl methyl sites for hydroxylation is 3. The topological polar surface area (TPSA) is 76.4 Å². The van der Waals surface area contributed by atoms with Crippen molar-refractivity contribution in [1.29, 1.82) is 0 Å². The summed E-state index contributed by atoms with van der Waals surface area (Å²) in [6.07, 6.45) is 0. The van der Waals surface area contributed by atoms with Crippen molar-refractivity contribution in [3.05, 3.63) is 75.6 Å². The zero-order chi connectivity index (χ0) is 22.1. The summed E-state index contributed by atoms with van der Waals surface area (Å²) < 4.78 is 7.07. The number of benzene rings is 2. The number of ether oxygens (including phenoxy) is 1. The molecule has 6 nitrogen and oxygen atoms in total. The Morgan fingerprint density at radius 3 is 2.55 bits per heavy atom. The van der Waals surface area contributed by atoms with Gasteiger partial charge in [0.1, 0.15) is 11.6 Å². The van der Waals surface area contributed by atoms with Crippen LogP contribution in [0.5, 0.6) is 5.75 Å². The fourth-order valence-corrected chi connectivity index (χ4v) is 4.35. The molecule has 4 rings (SSSR count). The van der Waals surface area contributed by atoms with Crippen LogP contribution in [0.2, 0.25) is 0 Å². The number of thiophene rings is 1. The third-order valence-electron chi connectivity index (χ3n) is 5.24. The second-order valence-electron chi connectivity index (χ2n) is 7.24. The van der Waals surface area contributed by atoms with Gasteiger partial charge in [-0.25, -0.2) is 9.48 Å². The highest BCUT2D eigenvalue weighted by Gasteiger charge is 2.23. The SMILES string of the molecule is COc1ccc(Nc2c(-c3ccsc3C)c(C)nn2-c2ccccc2C)c(C(=O)O)c1. The monoisotopic (exact) mass is 433 g/mol. The number of anilines is 2. The molecule has 2 aromatic carbocycles. The Morgan fingerprint density at radius 1 is 1.13 bits per heavy atom. The molecule has 7 heteroatoms. The van der Waals surface area contributed by atoms with E-state index < -0.39 is 5.97 Å². The smallest absolute Gasteiger partial charge is 0.337 e. The van der Waals surface area contributed by atoms with E-state index >= 15 is 0 Å². The first-order valence-corrected chi connectivity index (χ1v) is 10.7. The lowest BCUT2D eigenvalue weighted by molar-refractivity contribution is 0.0697. The van der Waals surface area contributed by atoms with Crippen molar-refractivity contribution in [3.63, 3.8) is 0 Å². The van der Waals surface area contributed by atoms with Crippen LogP contribution in [-0.4, -0.2) is 28.0 Å². The van der Waals surface area contributed by atoms with Crippen molar-refractivity contribution < 1.29 is 14.6 Å². The quantitative estimate of drug-likeness (QED) is 0.391. The highest BCUT2D eigenvalue weighted by atomic mass is 32.1. The predicted octanol–water partition coefficient (Wildman–Crippen LogP) is 5.98. The number of aromatic carboxylic acids is 1. The van der Waals surface area contributed by atoms with E-state index in [4.69, 9.17) is 9.84 Å². The molecule has 158 valence electrons. The van der Waals surface area contributed by atoms with Crippen molar-refractivity contribution >= 4 is 28.8 Å². The number of hydrogen-bond acceptors (Lipinski definition) is 5. The van der Waals surface area contributed by atoms with E-state index in [-0.39, 0.29) is 5.56 Å². The third kappa shape index (κ3) is 3.80. The van der Waals surface area contributed by atoms with E-state index in [1.165, 1.54) is 18.1 Å². The molecule has 0 spiro atoms. The second-order valence-corrected chi connectivity index (χ2v) is 8.36. The summed E-state index contributed by atoms with van der Waals surface area (Å²) in [6, 6.07) is 15.0. The summed E-state index contributed by atoms with van der Waals surface area (Å²) >= 11 is 1.67. The maximum atomic E-state index is 11.9. The number of nitrogens with one attached hydrogen (secondary N) is 1. The Kier molecular flexibility index (Phi) is 5.52. The fraction of sp³-hybridized carbons (Fsp3) is 0.167. The first-order chi connectivity index (χ1) is 14.9. The van der Waals surface area contributed by atoms with Gasteiger partial charge in [-0.15, -0.1) is 11.3 Å². The van der Waals surface area contributed by atoms with E-state index in [2.05, 4.69) is 23.7 Å². The van der Waals surface area contributed by atoms with Crippen molar-refractivity contribution in [3.8, 4) is 22.6 Å². The molecule has 0 fully saturated rings. The number of hydrogen-bond donors (Lipinski definition) is 2. The molecule has 0 saturated heterocycles. The van der Waals surface area contributed by atoms with E-state index in [0.717, 1.165) is 33.9 Å². The van der Waals surface area contributed by atoms with E-state index in [0.29, 0.717) is 11.4 Å². The molecular formula is C24H23N3O3S. The van der Waals surface area contributed by atoms with Crippen molar-refractivity contribution in [2.45, 2.75) is 20.8 Å². The Balaban J connectivity index is 1.96. The molecule has 0 bridgehead atoms. The van der Waals surface area contributed by atoms with E-state index in [1.807, 2.05) is 42.8 Å². The van der Waals surface area contributed by atoms with Gasteiger partial charge in [0, 0.05) is 16.0 Å². The Bertz CT molecular complexity index is 1270. The minimum atomic E-state index is -1.03. The van der Waals surface area contributed by atoms with Gasteiger partial charge < -0.3 is 15.2 Å². The summed E-state index contributed by atoms with van der Waals surface area (Å²) in [5, 5.41) is 20.0. The van der Waals surface area contributed by atoms with Crippen LogP contribution in [0, 0.1) is 20.8 Å². The molecule has 0 unspecified atom stereocenters. The van der Waals surface area contributed by atoms with Crippen LogP contribution in [0.1, 0.15) is 26.5 Å². The van der Waals surface area contributed by atoms with E-state index in [1.54, 1.807) is 23.5 Å². The molecule has 2 N–H and O–H groups in total. The van der Waals surface area contributed by atoms with Gasteiger partial charge in [0.25, 0.3) is 0 Å². The summed E-state index contributed by atoms with van der Waals surface area (Å²) in [5.74, 6) is 0.176. The first-order valence-electron chi connectivity index (χ1n) is 9.79. The van der Waals surface area contributed by atoms with Crippen molar-refractivity contribution in [1.82, 2.24) is 9.78 Å². The molecule has 0 aliphatic rings. The molecule has 0 saturated carbocycles. The fourth-order valence-electron chi connectivity index (χ4n) is 3.65. The van der Waals surface area contributed by atoms with Crippen LogP contribution >= 0.6 is 11.3 Å². The number of rotatable bonds is 6.